The van der Waals surface area contributed by atoms with E-state index in [0.29, 0.717) is 11.3 Å². The summed E-state index contributed by atoms with van der Waals surface area (Å²) in [5.41, 5.74) is 2.60. The van der Waals surface area contributed by atoms with E-state index >= 15 is 0 Å². The first kappa shape index (κ1) is 15.6. The molecule has 0 bridgehead atoms. The lowest BCUT2D eigenvalue weighted by Gasteiger charge is -2.08. The second-order valence-electron chi connectivity index (χ2n) is 5.00. The molecule has 0 aliphatic heterocycles. The van der Waals surface area contributed by atoms with Crippen LogP contribution >= 0.6 is 0 Å². The molecule has 3 N–H and O–H groups in total. The molecule has 0 spiro atoms. The summed E-state index contributed by atoms with van der Waals surface area (Å²) in [4.78, 5) is 23.4. The molecule has 114 valence electrons. The standard InChI is InChI=1S/C17H18N2O3/c1-11-3-8-14(10-15(11)20)19-17(22)13-6-4-12(5-7-13)9-16(21)18-2/h3-8,10,20H,9H2,1-2H3,(H,18,21)(H,19,22). The van der Waals surface area contributed by atoms with Crippen LogP contribution in [0.1, 0.15) is 21.5 Å². The Morgan fingerprint density at radius 1 is 1.09 bits per heavy atom. The van der Waals surface area contributed by atoms with Crippen molar-refractivity contribution in [2.75, 3.05) is 12.4 Å². The van der Waals surface area contributed by atoms with Crippen molar-refractivity contribution in [3.8, 4) is 5.75 Å². The predicted molar refractivity (Wildman–Crippen MR) is 85.0 cm³/mol. The molecule has 0 aromatic heterocycles. The number of phenols is 1. The maximum Gasteiger partial charge on any atom is 0.255 e. The minimum Gasteiger partial charge on any atom is -0.508 e. The second kappa shape index (κ2) is 6.76. The lowest BCUT2D eigenvalue weighted by molar-refractivity contribution is -0.119. The number of likely N-dealkylation sites (N-methyl/N-ethyl adjacent to an activating group) is 1. The number of benzene rings is 2. The first-order chi connectivity index (χ1) is 10.5. The molecule has 2 rings (SSSR count). The summed E-state index contributed by atoms with van der Waals surface area (Å²) in [6.45, 7) is 1.78. The molecule has 0 saturated carbocycles. The molecule has 5 nitrogen and oxygen atoms in total. The van der Waals surface area contributed by atoms with Crippen molar-refractivity contribution in [3.63, 3.8) is 0 Å². The van der Waals surface area contributed by atoms with Crippen LogP contribution < -0.4 is 10.6 Å². The Morgan fingerprint density at radius 3 is 2.36 bits per heavy atom. The van der Waals surface area contributed by atoms with Gasteiger partial charge < -0.3 is 15.7 Å². The number of anilines is 1. The molecule has 22 heavy (non-hydrogen) atoms. The van der Waals surface area contributed by atoms with Gasteiger partial charge in [0.2, 0.25) is 5.91 Å². The highest BCUT2D eigenvalue weighted by Crippen LogP contribution is 2.21. The number of hydrogen-bond donors (Lipinski definition) is 3. The topological polar surface area (TPSA) is 78.4 Å². The molecule has 0 aliphatic rings. The first-order valence-corrected chi connectivity index (χ1v) is 6.90. The Bertz CT molecular complexity index is 694. The van der Waals surface area contributed by atoms with Gasteiger partial charge in [0, 0.05) is 24.4 Å². The van der Waals surface area contributed by atoms with Gasteiger partial charge in [-0.15, -0.1) is 0 Å². The van der Waals surface area contributed by atoms with Crippen LogP contribution in [0, 0.1) is 6.92 Å². The molecule has 2 aromatic rings. The van der Waals surface area contributed by atoms with Gasteiger partial charge >= 0.3 is 0 Å². The number of carbonyl (C=O) groups is 2. The highest BCUT2D eigenvalue weighted by molar-refractivity contribution is 6.04. The third kappa shape index (κ3) is 3.85. The predicted octanol–water partition coefficient (Wildman–Crippen LogP) is 2.24. The van der Waals surface area contributed by atoms with Crippen molar-refractivity contribution in [2.24, 2.45) is 0 Å². The molecule has 2 amide bonds. The lowest BCUT2D eigenvalue weighted by Crippen LogP contribution is -2.20. The monoisotopic (exact) mass is 298 g/mol. The SMILES string of the molecule is CNC(=O)Cc1ccc(C(=O)Nc2ccc(C)c(O)c2)cc1. The number of phenolic OH excluding ortho intramolecular Hbond substituents is 1. The molecule has 2 aromatic carbocycles. The Balaban J connectivity index is 2.06. The average Bonchev–Trinajstić information content (AvgIpc) is 2.51. The number of rotatable bonds is 4. The van der Waals surface area contributed by atoms with Gasteiger partial charge in [0.15, 0.2) is 0 Å². The number of nitrogens with one attached hydrogen (secondary N) is 2. The Hall–Kier alpha value is -2.82. The van der Waals surface area contributed by atoms with Crippen LogP contribution in [0.2, 0.25) is 0 Å². The number of aromatic hydroxyl groups is 1. The van der Waals surface area contributed by atoms with Gasteiger partial charge in [-0.3, -0.25) is 9.59 Å². The van der Waals surface area contributed by atoms with Crippen molar-refractivity contribution in [2.45, 2.75) is 13.3 Å². The van der Waals surface area contributed by atoms with E-state index in [1.54, 1.807) is 50.4 Å². The van der Waals surface area contributed by atoms with Crippen LogP contribution in [-0.2, 0) is 11.2 Å². The van der Waals surface area contributed by atoms with Crippen LogP contribution in [0.5, 0.6) is 5.75 Å². The number of hydrogen-bond acceptors (Lipinski definition) is 3. The molecule has 0 unspecified atom stereocenters. The average molecular weight is 298 g/mol. The summed E-state index contributed by atoms with van der Waals surface area (Å²) in [6, 6.07) is 11.8. The zero-order valence-corrected chi connectivity index (χ0v) is 12.5. The minimum atomic E-state index is -0.269. The van der Waals surface area contributed by atoms with E-state index in [1.165, 1.54) is 6.07 Å². The summed E-state index contributed by atoms with van der Waals surface area (Å²) in [7, 11) is 1.58. The lowest BCUT2D eigenvalue weighted by atomic mass is 10.1. The fourth-order valence-corrected chi connectivity index (χ4v) is 1.94. The smallest absolute Gasteiger partial charge is 0.255 e. The summed E-state index contributed by atoms with van der Waals surface area (Å²) < 4.78 is 0. The van der Waals surface area contributed by atoms with E-state index in [9.17, 15) is 14.7 Å². The zero-order valence-electron chi connectivity index (χ0n) is 12.5. The van der Waals surface area contributed by atoms with Gasteiger partial charge in [0.25, 0.3) is 5.91 Å². The van der Waals surface area contributed by atoms with Gasteiger partial charge in [-0.2, -0.15) is 0 Å². The highest BCUT2D eigenvalue weighted by Gasteiger charge is 2.08. The minimum absolute atomic E-state index is 0.0765. The number of amides is 2. The molecule has 0 saturated heterocycles. The summed E-state index contributed by atoms with van der Waals surface area (Å²) in [5.74, 6) is -0.208. The maximum absolute atomic E-state index is 12.1. The normalized spacial score (nSPS) is 10.1. The first-order valence-electron chi connectivity index (χ1n) is 6.90. The largest absolute Gasteiger partial charge is 0.508 e. The molecular weight excluding hydrogens is 280 g/mol. The van der Waals surface area contributed by atoms with E-state index in [2.05, 4.69) is 10.6 Å². The molecule has 0 aliphatic carbocycles. The van der Waals surface area contributed by atoms with Gasteiger partial charge in [-0.25, -0.2) is 0 Å². The van der Waals surface area contributed by atoms with Crippen LogP contribution in [0.15, 0.2) is 42.5 Å². The van der Waals surface area contributed by atoms with Crippen molar-refractivity contribution >= 4 is 17.5 Å². The molecule has 0 radical (unpaired) electrons. The second-order valence-corrected chi connectivity index (χ2v) is 5.00. The van der Waals surface area contributed by atoms with Crippen molar-refractivity contribution < 1.29 is 14.7 Å². The molecule has 5 heteroatoms. The van der Waals surface area contributed by atoms with E-state index in [1.807, 2.05) is 0 Å². The number of carbonyl (C=O) groups excluding carboxylic acids is 2. The molecule has 0 atom stereocenters. The van der Waals surface area contributed by atoms with Crippen LogP contribution in [0.3, 0.4) is 0 Å². The fraction of sp³-hybridized carbons (Fsp3) is 0.176. The fourth-order valence-electron chi connectivity index (χ4n) is 1.94. The van der Waals surface area contributed by atoms with Gasteiger partial charge in [-0.05, 0) is 36.2 Å². The third-order valence-electron chi connectivity index (χ3n) is 3.33. The van der Waals surface area contributed by atoms with E-state index < -0.39 is 0 Å². The summed E-state index contributed by atoms with van der Waals surface area (Å²) in [6.07, 6.45) is 0.282. The summed E-state index contributed by atoms with van der Waals surface area (Å²) >= 11 is 0. The third-order valence-corrected chi connectivity index (χ3v) is 3.33. The van der Waals surface area contributed by atoms with E-state index in [4.69, 9.17) is 0 Å². The Morgan fingerprint density at radius 2 is 1.77 bits per heavy atom. The van der Waals surface area contributed by atoms with Crippen LogP contribution in [0.25, 0.3) is 0 Å². The number of aryl methyl sites for hydroxylation is 1. The maximum atomic E-state index is 12.1. The Labute approximate surface area is 129 Å². The van der Waals surface area contributed by atoms with E-state index in [-0.39, 0.29) is 24.0 Å². The molecule has 0 fully saturated rings. The Kier molecular flexibility index (Phi) is 4.78. The van der Waals surface area contributed by atoms with Crippen LogP contribution in [-0.4, -0.2) is 24.0 Å². The van der Waals surface area contributed by atoms with Crippen molar-refractivity contribution in [1.29, 1.82) is 0 Å². The quantitative estimate of drug-likeness (QED) is 0.810. The molecule has 0 heterocycles. The van der Waals surface area contributed by atoms with Crippen LogP contribution in [0.4, 0.5) is 5.69 Å². The van der Waals surface area contributed by atoms with Gasteiger partial charge in [0.1, 0.15) is 5.75 Å². The summed E-state index contributed by atoms with van der Waals surface area (Å²) in [5, 5.41) is 14.9. The van der Waals surface area contributed by atoms with Crippen molar-refractivity contribution in [3.05, 3.63) is 59.2 Å². The van der Waals surface area contributed by atoms with E-state index in [0.717, 1.165) is 11.1 Å². The van der Waals surface area contributed by atoms with Gasteiger partial charge in [0.05, 0.1) is 6.42 Å². The highest BCUT2D eigenvalue weighted by atomic mass is 16.3. The zero-order chi connectivity index (χ0) is 16.1. The van der Waals surface area contributed by atoms with Crippen molar-refractivity contribution in [1.82, 2.24) is 5.32 Å². The van der Waals surface area contributed by atoms with Gasteiger partial charge in [-0.1, -0.05) is 18.2 Å². The molecular formula is C17H18N2O3.